The molecule has 0 atom stereocenters. The van der Waals surface area contributed by atoms with Crippen LogP contribution in [0.5, 0.6) is 0 Å². The number of aromatic carboxylic acids is 1. The molecule has 1 N–H and O–H groups in total. The van der Waals surface area contributed by atoms with Crippen molar-refractivity contribution in [3.8, 4) is 0 Å². The summed E-state index contributed by atoms with van der Waals surface area (Å²) < 4.78 is 0.693. The van der Waals surface area contributed by atoms with Crippen molar-refractivity contribution in [2.45, 2.75) is 19.9 Å². The zero-order valence-corrected chi connectivity index (χ0v) is 10.4. The van der Waals surface area contributed by atoms with Gasteiger partial charge >= 0.3 is 5.97 Å². The monoisotopic (exact) mass is 272 g/mol. The molecule has 82 valence electrons. The summed E-state index contributed by atoms with van der Waals surface area (Å²) in [4.78, 5) is 16.8. The molecule has 0 saturated heterocycles. The van der Waals surface area contributed by atoms with Crippen LogP contribution in [0.15, 0.2) is 16.7 Å². The first-order valence-corrected chi connectivity index (χ1v) is 5.34. The number of halogens is 1. The second-order valence-corrected chi connectivity index (χ2v) is 4.39. The number of hydrogen-bond acceptors (Lipinski definition) is 3. The van der Waals surface area contributed by atoms with E-state index in [0.717, 1.165) is 5.82 Å². The van der Waals surface area contributed by atoms with Crippen molar-refractivity contribution in [2.75, 3.05) is 11.9 Å². The van der Waals surface area contributed by atoms with Crippen molar-refractivity contribution in [1.29, 1.82) is 0 Å². The van der Waals surface area contributed by atoms with E-state index in [-0.39, 0.29) is 5.56 Å². The fourth-order valence-electron chi connectivity index (χ4n) is 1.05. The average Bonchev–Trinajstić information content (AvgIpc) is 2.16. The van der Waals surface area contributed by atoms with E-state index in [1.54, 1.807) is 6.07 Å². The summed E-state index contributed by atoms with van der Waals surface area (Å²) in [5.41, 5.74) is 0.183. The van der Waals surface area contributed by atoms with Gasteiger partial charge < -0.3 is 10.0 Å². The van der Waals surface area contributed by atoms with Gasteiger partial charge in [-0.3, -0.25) is 0 Å². The molecule has 15 heavy (non-hydrogen) atoms. The summed E-state index contributed by atoms with van der Waals surface area (Å²) in [6.45, 7) is 4.08. The summed E-state index contributed by atoms with van der Waals surface area (Å²) in [6.07, 6.45) is 1.36. The third kappa shape index (κ3) is 2.68. The lowest BCUT2D eigenvalue weighted by Crippen LogP contribution is -2.27. The van der Waals surface area contributed by atoms with Crippen LogP contribution in [-0.4, -0.2) is 29.1 Å². The fourth-order valence-corrected chi connectivity index (χ4v) is 1.68. The Labute approximate surface area is 97.1 Å². The number of hydrogen-bond donors (Lipinski definition) is 1. The van der Waals surface area contributed by atoms with E-state index in [2.05, 4.69) is 20.9 Å². The molecule has 1 heterocycles. The van der Waals surface area contributed by atoms with Crippen LogP contribution in [0.2, 0.25) is 0 Å². The number of rotatable bonds is 3. The molecular weight excluding hydrogens is 260 g/mol. The molecule has 0 saturated carbocycles. The topological polar surface area (TPSA) is 53.4 Å². The number of carbonyl (C=O) groups is 1. The predicted molar refractivity (Wildman–Crippen MR) is 62.4 cm³/mol. The normalized spacial score (nSPS) is 10.5. The van der Waals surface area contributed by atoms with E-state index in [1.807, 2.05) is 25.8 Å². The van der Waals surface area contributed by atoms with Gasteiger partial charge in [0.25, 0.3) is 0 Å². The van der Waals surface area contributed by atoms with Crippen molar-refractivity contribution >= 4 is 27.7 Å². The third-order valence-electron chi connectivity index (χ3n) is 2.18. The van der Waals surface area contributed by atoms with Crippen molar-refractivity contribution in [1.82, 2.24) is 4.98 Å². The molecule has 1 rings (SSSR count). The van der Waals surface area contributed by atoms with E-state index in [9.17, 15) is 4.79 Å². The van der Waals surface area contributed by atoms with Crippen LogP contribution in [-0.2, 0) is 0 Å². The maximum atomic E-state index is 10.7. The van der Waals surface area contributed by atoms with Crippen LogP contribution in [0.25, 0.3) is 0 Å². The lowest BCUT2D eigenvalue weighted by atomic mass is 10.2. The molecular formula is C10H13BrN2O2. The Morgan fingerprint density at radius 2 is 2.20 bits per heavy atom. The Balaban J connectivity index is 3.08. The average molecular weight is 273 g/mol. The quantitative estimate of drug-likeness (QED) is 0.918. The highest BCUT2D eigenvalue weighted by atomic mass is 79.9. The van der Waals surface area contributed by atoms with Gasteiger partial charge in [0.15, 0.2) is 0 Å². The first-order chi connectivity index (χ1) is 6.93. The van der Waals surface area contributed by atoms with Crippen LogP contribution in [0.1, 0.15) is 24.2 Å². The first kappa shape index (κ1) is 12.0. The maximum absolute atomic E-state index is 10.7. The molecule has 0 bridgehead atoms. The van der Waals surface area contributed by atoms with E-state index >= 15 is 0 Å². The van der Waals surface area contributed by atoms with Crippen molar-refractivity contribution in [2.24, 2.45) is 0 Å². The minimum Gasteiger partial charge on any atom is -0.478 e. The third-order valence-corrected chi connectivity index (χ3v) is 2.76. The van der Waals surface area contributed by atoms with Gasteiger partial charge in [-0.15, -0.1) is 0 Å². The second-order valence-electron chi connectivity index (χ2n) is 3.54. The minimum atomic E-state index is -0.970. The molecule has 0 fully saturated rings. The van der Waals surface area contributed by atoms with Crippen LogP contribution >= 0.6 is 15.9 Å². The number of aromatic nitrogens is 1. The molecule has 0 spiro atoms. The number of anilines is 1. The van der Waals surface area contributed by atoms with Gasteiger partial charge in [0.05, 0.1) is 10.0 Å². The van der Waals surface area contributed by atoms with Gasteiger partial charge in [-0.2, -0.15) is 0 Å². The first-order valence-electron chi connectivity index (χ1n) is 4.55. The molecule has 5 heteroatoms. The summed E-state index contributed by atoms with van der Waals surface area (Å²) in [7, 11) is 1.91. The minimum absolute atomic E-state index is 0.183. The zero-order valence-electron chi connectivity index (χ0n) is 8.86. The molecule has 1 aromatic rings. The zero-order chi connectivity index (χ0) is 11.6. The maximum Gasteiger partial charge on any atom is 0.337 e. The van der Waals surface area contributed by atoms with Gasteiger partial charge in [0.2, 0.25) is 0 Å². The molecule has 0 aliphatic heterocycles. The number of pyridine rings is 1. The van der Waals surface area contributed by atoms with Gasteiger partial charge in [0.1, 0.15) is 5.82 Å². The van der Waals surface area contributed by atoms with Gasteiger partial charge in [-0.05, 0) is 35.8 Å². The molecule has 0 aliphatic carbocycles. The van der Waals surface area contributed by atoms with Crippen LogP contribution < -0.4 is 4.90 Å². The predicted octanol–water partition coefficient (Wildman–Crippen LogP) is 2.39. The lowest BCUT2D eigenvalue weighted by Gasteiger charge is -2.23. The van der Waals surface area contributed by atoms with Gasteiger partial charge in [0, 0.05) is 19.3 Å². The van der Waals surface area contributed by atoms with Crippen LogP contribution in [0.3, 0.4) is 0 Å². The number of carboxylic acids is 1. The largest absolute Gasteiger partial charge is 0.478 e. The molecule has 4 nitrogen and oxygen atoms in total. The standard InChI is InChI=1S/C10H13BrN2O2/c1-6(2)13(3)9-8(11)4-7(5-12-9)10(14)15/h4-6H,1-3H3,(H,14,15). The Morgan fingerprint density at radius 1 is 1.60 bits per heavy atom. The number of carboxylic acid groups (broad SMARTS) is 1. The number of nitrogens with zero attached hydrogens (tertiary/aromatic N) is 2. The highest BCUT2D eigenvalue weighted by molar-refractivity contribution is 9.10. The van der Waals surface area contributed by atoms with Gasteiger partial charge in [-0.25, -0.2) is 9.78 Å². The SMILES string of the molecule is CC(C)N(C)c1ncc(C(=O)O)cc1Br. The molecule has 0 unspecified atom stereocenters. The van der Waals surface area contributed by atoms with E-state index in [1.165, 1.54) is 6.20 Å². The van der Waals surface area contributed by atoms with E-state index in [4.69, 9.17) is 5.11 Å². The summed E-state index contributed by atoms with van der Waals surface area (Å²) in [5, 5.41) is 8.77. The fraction of sp³-hybridized carbons (Fsp3) is 0.400. The van der Waals surface area contributed by atoms with Crippen molar-refractivity contribution < 1.29 is 9.90 Å². The second kappa shape index (κ2) is 4.61. The Bertz CT molecular complexity index is 380. The summed E-state index contributed by atoms with van der Waals surface area (Å²) in [5.74, 6) is -0.225. The Morgan fingerprint density at radius 3 is 2.60 bits per heavy atom. The molecule has 0 aromatic carbocycles. The highest BCUT2D eigenvalue weighted by Crippen LogP contribution is 2.24. The molecule has 0 amide bonds. The smallest absolute Gasteiger partial charge is 0.337 e. The Kier molecular flexibility index (Phi) is 3.68. The summed E-state index contributed by atoms with van der Waals surface area (Å²) in [6, 6.07) is 1.87. The van der Waals surface area contributed by atoms with Crippen LogP contribution in [0.4, 0.5) is 5.82 Å². The van der Waals surface area contributed by atoms with Crippen LogP contribution in [0, 0.1) is 0 Å². The summed E-state index contributed by atoms with van der Waals surface area (Å²) >= 11 is 3.32. The molecule has 0 aliphatic rings. The van der Waals surface area contributed by atoms with Gasteiger partial charge in [-0.1, -0.05) is 0 Å². The van der Waals surface area contributed by atoms with E-state index < -0.39 is 5.97 Å². The highest BCUT2D eigenvalue weighted by Gasteiger charge is 2.13. The van der Waals surface area contributed by atoms with Crippen molar-refractivity contribution in [3.63, 3.8) is 0 Å². The lowest BCUT2D eigenvalue weighted by molar-refractivity contribution is 0.0696. The molecule has 1 aromatic heterocycles. The Hall–Kier alpha value is -1.10. The van der Waals surface area contributed by atoms with Crippen molar-refractivity contribution in [3.05, 3.63) is 22.3 Å². The van der Waals surface area contributed by atoms with E-state index in [0.29, 0.717) is 10.5 Å². The molecule has 0 radical (unpaired) electrons.